The number of hydrogen-bond donors (Lipinski definition) is 0. The predicted molar refractivity (Wildman–Crippen MR) is 61.3 cm³/mol. The number of ether oxygens (including phenoxy) is 1. The van der Waals surface area contributed by atoms with Crippen LogP contribution in [0.25, 0.3) is 0 Å². The highest BCUT2D eigenvalue weighted by molar-refractivity contribution is 5.54. The molecule has 0 radical (unpaired) electrons. The average Bonchev–Trinajstić information content (AvgIpc) is 2.28. The molecule has 1 atom stereocenters. The first-order valence-electron chi connectivity index (χ1n) is 5.33. The summed E-state index contributed by atoms with van der Waals surface area (Å²) in [6.45, 7) is 4.04. The van der Waals surface area contributed by atoms with Crippen molar-refractivity contribution < 1.29 is 9.53 Å². The molecule has 2 heteroatoms. The van der Waals surface area contributed by atoms with Gasteiger partial charge in [0.15, 0.2) is 0 Å². The number of benzene rings is 1. The van der Waals surface area contributed by atoms with Gasteiger partial charge in [0, 0.05) is 5.92 Å². The van der Waals surface area contributed by atoms with Crippen LogP contribution in [0.1, 0.15) is 25.0 Å². The predicted octanol–water partition coefficient (Wildman–Crippen LogP) is 2.64. The molecule has 1 unspecified atom stereocenters. The Kier molecular flexibility index (Phi) is 4.35. The van der Waals surface area contributed by atoms with Crippen molar-refractivity contribution in [2.45, 2.75) is 26.7 Å². The van der Waals surface area contributed by atoms with Crippen LogP contribution in [0.3, 0.4) is 0 Å². The molecule has 0 aliphatic heterocycles. The summed E-state index contributed by atoms with van der Waals surface area (Å²) in [4.78, 5) is 10.6. The number of aldehydes is 1. The lowest BCUT2D eigenvalue weighted by Crippen LogP contribution is -2.04. The molecule has 0 heterocycles. The number of rotatable bonds is 5. The van der Waals surface area contributed by atoms with Crippen LogP contribution in [-0.2, 0) is 17.6 Å². The van der Waals surface area contributed by atoms with Gasteiger partial charge in [0.25, 0.3) is 0 Å². The van der Waals surface area contributed by atoms with Gasteiger partial charge in [-0.25, -0.2) is 0 Å². The van der Waals surface area contributed by atoms with Crippen LogP contribution < -0.4 is 4.74 Å². The highest BCUT2D eigenvalue weighted by atomic mass is 16.5. The molecule has 0 saturated carbocycles. The molecule has 0 aliphatic rings. The van der Waals surface area contributed by atoms with Gasteiger partial charge in [-0.1, -0.05) is 26.0 Å². The van der Waals surface area contributed by atoms with Crippen molar-refractivity contribution in [1.29, 1.82) is 0 Å². The second kappa shape index (κ2) is 5.54. The van der Waals surface area contributed by atoms with E-state index in [9.17, 15) is 4.79 Å². The first kappa shape index (κ1) is 11.8. The summed E-state index contributed by atoms with van der Waals surface area (Å²) in [5.41, 5.74) is 2.44. The highest BCUT2D eigenvalue weighted by Gasteiger charge is 2.09. The minimum absolute atomic E-state index is 0.0717. The van der Waals surface area contributed by atoms with Crippen molar-refractivity contribution in [2.75, 3.05) is 7.11 Å². The van der Waals surface area contributed by atoms with Crippen molar-refractivity contribution >= 4 is 6.29 Å². The normalized spacial score (nSPS) is 12.2. The van der Waals surface area contributed by atoms with Gasteiger partial charge < -0.3 is 9.53 Å². The van der Waals surface area contributed by atoms with E-state index in [-0.39, 0.29) is 5.92 Å². The van der Waals surface area contributed by atoms with Crippen LogP contribution in [0, 0.1) is 5.92 Å². The van der Waals surface area contributed by atoms with E-state index in [1.54, 1.807) is 7.11 Å². The molecule has 2 nitrogen and oxygen atoms in total. The molecule has 1 rings (SSSR count). The van der Waals surface area contributed by atoms with Crippen LogP contribution in [0.2, 0.25) is 0 Å². The van der Waals surface area contributed by atoms with E-state index in [1.807, 2.05) is 19.1 Å². The number of carbonyl (C=O) groups excluding carboxylic acids is 1. The Morgan fingerprint density at radius 2 is 2.20 bits per heavy atom. The van der Waals surface area contributed by atoms with E-state index >= 15 is 0 Å². The van der Waals surface area contributed by atoms with Gasteiger partial charge in [-0.15, -0.1) is 0 Å². The maximum absolute atomic E-state index is 10.6. The first-order valence-corrected chi connectivity index (χ1v) is 5.33. The lowest BCUT2D eigenvalue weighted by atomic mass is 9.96. The Morgan fingerprint density at radius 3 is 2.73 bits per heavy atom. The fraction of sp³-hybridized carbons (Fsp3) is 0.462. The molecule has 1 aromatic carbocycles. The van der Waals surface area contributed by atoms with Crippen LogP contribution in [0.15, 0.2) is 18.2 Å². The van der Waals surface area contributed by atoms with Gasteiger partial charge in [-0.2, -0.15) is 0 Å². The second-order valence-corrected chi connectivity index (χ2v) is 3.77. The number of methoxy groups -OCH3 is 1. The van der Waals surface area contributed by atoms with Crippen molar-refractivity contribution in [3.05, 3.63) is 29.3 Å². The standard InChI is InChI=1S/C13H18O2/c1-4-12-11(8-10(2)9-14)6-5-7-13(12)15-3/h5-7,9-10H,4,8H2,1-3H3. The van der Waals surface area contributed by atoms with E-state index < -0.39 is 0 Å². The third kappa shape index (κ3) is 2.82. The largest absolute Gasteiger partial charge is 0.496 e. The topological polar surface area (TPSA) is 26.3 Å². The maximum Gasteiger partial charge on any atom is 0.123 e. The summed E-state index contributed by atoms with van der Waals surface area (Å²) in [6, 6.07) is 6.01. The minimum atomic E-state index is 0.0717. The molecule has 82 valence electrons. The third-order valence-corrected chi connectivity index (χ3v) is 2.58. The summed E-state index contributed by atoms with van der Waals surface area (Å²) in [6.07, 6.45) is 2.73. The zero-order chi connectivity index (χ0) is 11.3. The lowest BCUT2D eigenvalue weighted by Gasteiger charge is -2.13. The zero-order valence-electron chi connectivity index (χ0n) is 9.62. The van der Waals surface area contributed by atoms with Crippen LogP contribution in [-0.4, -0.2) is 13.4 Å². The van der Waals surface area contributed by atoms with Crippen LogP contribution in [0.5, 0.6) is 5.75 Å². The van der Waals surface area contributed by atoms with E-state index in [2.05, 4.69) is 13.0 Å². The quantitative estimate of drug-likeness (QED) is 0.692. The van der Waals surface area contributed by atoms with Gasteiger partial charge in [0.1, 0.15) is 12.0 Å². The molecule has 1 aromatic rings. The smallest absolute Gasteiger partial charge is 0.123 e. The maximum atomic E-state index is 10.6. The highest BCUT2D eigenvalue weighted by Crippen LogP contribution is 2.24. The van der Waals surface area contributed by atoms with Gasteiger partial charge in [-0.05, 0) is 30.0 Å². The van der Waals surface area contributed by atoms with Crippen LogP contribution >= 0.6 is 0 Å². The van der Waals surface area contributed by atoms with Crippen LogP contribution in [0.4, 0.5) is 0 Å². The number of carbonyl (C=O) groups is 1. The molecule has 0 aromatic heterocycles. The van der Waals surface area contributed by atoms with Crippen molar-refractivity contribution in [3.63, 3.8) is 0 Å². The van der Waals surface area contributed by atoms with Gasteiger partial charge in [0.2, 0.25) is 0 Å². The first-order chi connectivity index (χ1) is 7.22. The molecule has 0 fully saturated rings. The zero-order valence-corrected chi connectivity index (χ0v) is 9.62. The van der Waals surface area contributed by atoms with Crippen molar-refractivity contribution in [1.82, 2.24) is 0 Å². The second-order valence-electron chi connectivity index (χ2n) is 3.77. The Hall–Kier alpha value is -1.31. The van der Waals surface area contributed by atoms with E-state index in [0.29, 0.717) is 0 Å². The molecule has 0 N–H and O–H groups in total. The third-order valence-electron chi connectivity index (χ3n) is 2.58. The molecular formula is C13H18O2. The molecule has 0 saturated heterocycles. The molecular weight excluding hydrogens is 188 g/mol. The molecule has 0 aliphatic carbocycles. The summed E-state index contributed by atoms with van der Waals surface area (Å²) in [5, 5.41) is 0. The Morgan fingerprint density at radius 1 is 1.47 bits per heavy atom. The SMILES string of the molecule is CCc1c(CC(C)C=O)cccc1OC. The Bertz CT molecular complexity index is 331. The summed E-state index contributed by atoms with van der Waals surface area (Å²) in [7, 11) is 1.68. The molecule has 0 amide bonds. The Labute approximate surface area is 91.3 Å². The van der Waals surface area contributed by atoms with E-state index in [1.165, 1.54) is 11.1 Å². The molecule has 0 spiro atoms. The van der Waals surface area contributed by atoms with Crippen molar-refractivity contribution in [3.8, 4) is 5.75 Å². The lowest BCUT2D eigenvalue weighted by molar-refractivity contribution is -0.110. The number of hydrogen-bond acceptors (Lipinski definition) is 2. The minimum Gasteiger partial charge on any atom is -0.496 e. The monoisotopic (exact) mass is 206 g/mol. The van der Waals surface area contributed by atoms with Gasteiger partial charge in [-0.3, -0.25) is 0 Å². The van der Waals surface area contributed by atoms with Gasteiger partial charge >= 0.3 is 0 Å². The Balaban J connectivity index is 3.00. The summed E-state index contributed by atoms with van der Waals surface area (Å²) < 4.78 is 5.30. The fourth-order valence-corrected chi connectivity index (χ4v) is 1.79. The van der Waals surface area contributed by atoms with E-state index in [0.717, 1.165) is 24.9 Å². The van der Waals surface area contributed by atoms with E-state index in [4.69, 9.17) is 4.74 Å². The molecule has 15 heavy (non-hydrogen) atoms. The fourth-order valence-electron chi connectivity index (χ4n) is 1.79. The van der Waals surface area contributed by atoms with Gasteiger partial charge in [0.05, 0.1) is 7.11 Å². The summed E-state index contributed by atoms with van der Waals surface area (Å²) in [5.74, 6) is 0.996. The summed E-state index contributed by atoms with van der Waals surface area (Å²) >= 11 is 0. The average molecular weight is 206 g/mol. The molecule has 0 bridgehead atoms. The van der Waals surface area contributed by atoms with Crippen molar-refractivity contribution in [2.24, 2.45) is 5.92 Å².